The van der Waals surface area contributed by atoms with Crippen LogP contribution in [-0.4, -0.2) is 38.5 Å². The molecular weight excluding hydrogens is 400 g/mol. The summed E-state index contributed by atoms with van der Waals surface area (Å²) < 4.78 is 35.0. The summed E-state index contributed by atoms with van der Waals surface area (Å²) in [5.74, 6) is -0.318. The maximum absolute atomic E-state index is 12.3. The maximum atomic E-state index is 12.3. The SMILES string of the molecule is CC(C)OCCCNC(=O)c1ccc(OS(=O)(=O)c2cccc([N+](=O)[O-])c2)cc1. The van der Waals surface area contributed by atoms with Crippen LogP contribution in [0, 0.1) is 10.1 Å². The van der Waals surface area contributed by atoms with Gasteiger partial charge in [0.1, 0.15) is 10.6 Å². The lowest BCUT2D eigenvalue weighted by atomic mass is 10.2. The van der Waals surface area contributed by atoms with Crippen molar-refractivity contribution in [2.45, 2.75) is 31.3 Å². The molecule has 0 unspecified atom stereocenters. The Hall–Kier alpha value is -2.98. The number of nitro groups is 1. The molecule has 2 rings (SSSR count). The molecule has 156 valence electrons. The molecular formula is C19H22N2O7S. The van der Waals surface area contributed by atoms with Gasteiger partial charge < -0.3 is 14.2 Å². The Bertz CT molecular complexity index is 957. The first-order valence-electron chi connectivity index (χ1n) is 8.88. The minimum atomic E-state index is -4.25. The number of nitrogens with zero attached hydrogens (tertiary/aromatic N) is 1. The molecule has 10 heteroatoms. The minimum absolute atomic E-state index is 0.0154. The number of hydrogen-bond acceptors (Lipinski definition) is 7. The van der Waals surface area contributed by atoms with Crippen molar-refractivity contribution in [1.29, 1.82) is 0 Å². The Morgan fingerprint density at radius 1 is 1.17 bits per heavy atom. The summed E-state index contributed by atoms with van der Waals surface area (Å²) >= 11 is 0. The van der Waals surface area contributed by atoms with E-state index in [2.05, 4.69) is 5.32 Å². The van der Waals surface area contributed by atoms with Gasteiger partial charge in [-0.05, 0) is 50.6 Å². The predicted molar refractivity (Wildman–Crippen MR) is 105 cm³/mol. The van der Waals surface area contributed by atoms with Gasteiger partial charge >= 0.3 is 10.1 Å². The number of hydrogen-bond donors (Lipinski definition) is 1. The lowest BCUT2D eigenvalue weighted by Crippen LogP contribution is -2.25. The van der Waals surface area contributed by atoms with E-state index in [4.69, 9.17) is 8.92 Å². The molecule has 0 aliphatic carbocycles. The molecule has 2 aromatic carbocycles. The Kier molecular flexibility index (Phi) is 7.68. The molecule has 29 heavy (non-hydrogen) atoms. The van der Waals surface area contributed by atoms with E-state index in [0.717, 1.165) is 6.07 Å². The van der Waals surface area contributed by atoms with Crippen molar-refractivity contribution in [2.75, 3.05) is 13.2 Å². The second kappa shape index (κ2) is 9.99. The molecule has 2 aromatic rings. The molecule has 0 atom stereocenters. The van der Waals surface area contributed by atoms with E-state index in [1.165, 1.54) is 42.5 Å². The number of benzene rings is 2. The van der Waals surface area contributed by atoms with Crippen molar-refractivity contribution >= 4 is 21.7 Å². The Balaban J connectivity index is 1.97. The average molecular weight is 422 g/mol. The van der Waals surface area contributed by atoms with E-state index >= 15 is 0 Å². The van der Waals surface area contributed by atoms with E-state index in [9.17, 15) is 23.3 Å². The van der Waals surface area contributed by atoms with E-state index in [0.29, 0.717) is 25.1 Å². The van der Waals surface area contributed by atoms with Gasteiger partial charge in [-0.15, -0.1) is 0 Å². The first-order chi connectivity index (χ1) is 13.7. The summed E-state index contributed by atoms with van der Waals surface area (Å²) in [6.07, 6.45) is 0.809. The first-order valence-corrected chi connectivity index (χ1v) is 10.3. The number of rotatable bonds is 10. The zero-order valence-corrected chi connectivity index (χ0v) is 16.8. The van der Waals surface area contributed by atoms with Gasteiger partial charge in [0.05, 0.1) is 11.0 Å². The van der Waals surface area contributed by atoms with Gasteiger partial charge in [-0.25, -0.2) is 0 Å². The molecule has 0 radical (unpaired) electrons. The molecule has 0 saturated carbocycles. The van der Waals surface area contributed by atoms with Crippen LogP contribution in [0.4, 0.5) is 5.69 Å². The smallest absolute Gasteiger partial charge is 0.339 e. The highest BCUT2D eigenvalue weighted by Gasteiger charge is 2.20. The molecule has 9 nitrogen and oxygen atoms in total. The maximum Gasteiger partial charge on any atom is 0.339 e. The molecule has 0 bridgehead atoms. The molecule has 0 aliphatic rings. The Morgan fingerprint density at radius 3 is 2.48 bits per heavy atom. The highest BCUT2D eigenvalue weighted by atomic mass is 32.2. The standard InChI is InChI=1S/C19H22N2O7S/c1-14(2)27-12-4-11-20-19(22)15-7-9-17(10-8-15)28-29(25,26)18-6-3-5-16(13-18)21(23)24/h3,5-10,13-14H,4,11-12H2,1-2H3,(H,20,22). The molecule has 0 fully saturated rings. The number of amides is 1. The second-order valence-corrected chi connectivity index (χ2v) is 7.89. The summed E-state index contributed by atoms with van der Waals surface area (Å²) in [5.41, 5.74) is -0.0182. The average Bonchev–Trinajstić information content (AvgIpc) is 2.67. The van der Waals surface area contributed by atoms with Gasteiger partial charge in [-0.2, -0.15) is 8.42 Å². The molecule has 1 amide bonds. The minimum Gasteiger partial charge on any atom is -0.379 e. The fourth-order valence-electron chi connectivity index (χ4n) is 2.28. The van der Waals surface area contributed by atoms with Gasteiger partial charge in [-0.1, -0.05) is 6.07 Å². The van der Waals surface area contributed by atoms with Crippen molar-refractivity contribution < 1.29 is 27.1 Å². The van der Waals surface area contributed by atoms with Crippen molar-refractivity contribution in [1.82, 2.24) is 5.32 Å². The van der Waals surface area contributed by atoms with Crippen LogP contribution in [0.5, 0.6) is 5.75 Å². The second-order valence-electron chi connectivity index (χ2n) is 6.35. The first kappa shape index (κ1) is 22.3. The number of non-ortho nitro benzene ring substituents is 1. The van der Waals surface area contributed by atoms with Gasteiger partial charge in [-0.3, -0.25) is 14.9 Å². The van der Waals surface area contributed by atoms with Gasteiger partial charge in [0.2, 0.25) is 0 Å². The number of nitrogens with one attached hydrogen (secondary N) is 1. The fourth-order valence-corrected chi connectivity index (χ4v) is 3.26. The fraction of sp³-hybridized carbons (Fsp3) is 0.316. The number of ether oxygens (including phenoxy) is 1. The van der Waals surface area contributed by atoms with Crippen LogP contribution in [0.1, 0.15) is 30.6 Å². The molecule has 0 heterocycles. The van der Waals surface area contributed by atoms with Crippen LogP contribution in [-0.2, 0) is 14.9 Å². The summed E-state index contributed by atoms with van der Waals surface area (Å²) in [5, 5.41) is 13.5. The Morgan fingerprint density at radius 2 is 1.86 bits per heavy atom. The number of carbonyl (C=O) groups is 1. The lowest BCUT2D eigenvalue weighted by Gasteiger charge is -2.09. The zero-order valence-electron chi connectivity index (χ0n) is 16.0. The highest BCUT2D eigenvalue weighted by Crippen LogP contribution is 2.22. The van der Waals surface area contributed by atoms with Crippen molar-refractivity contribution in [3.63, 3.8) is 0 Å². The molecule has 0 aromatic heterocycles. The third-order valence-electron chi connectivity index (χ3n) is 3.70. The van der Waals surface area contributed by atoms with E-state index < -0.39 is 15.0 Å². The topological polar surface area (TPSA) is 125 Å². The third-order valence-corrected chi connectivity index (χ3v) is 4.94. The molecule has 1 N–H and O–H groups in total. The van der Waals surface area contributed by atoms with Crippen LogP contribution in [0.2, 0.25) is 0 Å². The number of carbonyl (C=O) groups excluding carboxylic acids is 1. The lowest BCUT2D eigenvalue weighted by molar-refractivity contribution is -0.385. The molecule has 0 saturated heterocycles. The third kappa shape index (κ3) is 6.84. The van der Waals surface area contributed by atoms with Crippen LogP contribution in [0.3, 0.4) is 0 Å². The van der Waals surface area contributed by atoms with Crippen LogP contribution >= 0.6 is 0 Å². The monoisotopic (exact) mass is 422 g/mol. The van der Waals surface area contributed by atoms with Crippen LogP contribution in [0.15, 0.2) is 53.4 Å². The van der Waals surface area contributed by atoms with Crippen molar-refractivity contribution in [2.24, 2.45) is 0 Å². The van der Waals surface area contributed by atoms with Crippen molar-refractivity contribution in [3.8, 4) is 5.75 Å². The Labute approximate surface area is 168 Å². The van der Waals surface area contributed by atoms with Gasteiger partial charge in [0, 0.05) is 30.8 Å². The van der Waals surface area contributed by atoms with Gasteiger partial charge in [0.15, 0.2) is 0 Å². The van der Waals surface area contributed by atoms with E-state index in [1.54, 1.807) is 0 Å². The normalized spacial score (nSPS) is 11.3. The van der Waals surface area contributed by atoms with E-state index in [1.807, 2.05) is 13.8 Å². The van der Waals surface area contributed by atoms with Crippen molar-refractivity contribution in [3.05, 3.63) is 64.2 Å². The highest BCUT2D eigenvalue weighted by molar-refractivity contribution is 7.87. The summed E-state index contributed by atoms with van der Waals surface area (Å²) in [6.45, 7) is 4.86. The van der Waals surface area contributed by atoms with Crippen LogP contribution in [0.25, 0.3) is 0 Å². The van der Waals surface area contributed by atoms with E-state index in [-0.39, 0.29) is 28.3 Å². The zero-order chi connectivity index (χ0) is 21.4. The summed E-state index contributed by atoms with van der Waals surface area (Å²) in [4.78, 5) is 21.9. The summed E-state index contributed by atoms with van der Waals surface area (Å²) in [7, 11) is -4.25. The predicted octanol–water partition coefficient (Wildman–Crippen LogP) is 2.91. The number of nitro benzene ring substituents is 1. The molecule has 0 aliphatic heterocycles. The quantitative estimate of drug-likeness (QED) is 0.270. The largest absolute Gasteiger partial charge is 0.379 e. The van der Waals surface area contributed by atoms with Gasteiger partial charge in [0.25, 0.3) is 11.6 Å². The molecule has 0 spiro atoms. The summed E-state index contributed by atoms with van der Waals surface area (Å²) in [6, 6.07) is 10.1. The van der Waals surface area contributed by atoms with Crippen LogP contribution < -0.4 is 9.50 Å².